The van der Waals surface area contributed by atoms with Crippen LogP contribution in [0.4, 0.5) is 0 Å². The molecule has 7 heteroatoms. The van der Waals surface area contributed by atoms with Crippen LogP contribution < -0.4 is 9.88 Å². The van der Waals surface area contributed by atoms with E-state index in [0.717, 1.165) is 73.3 Å². The van der Waals surface area contributed by atoms with Gasteiger partial charge in [-0.1, -0.05) is 139 Å². The number of rotatable bonds is 5. The van der Waals surface area contributed by atoms with Crippen molar-refractivity contribution < 1.29 is 0 Å². The lowest BCUT2D eigenvalue weighted by Gasteiger charge is -2.11. The third-order valence-corrected chi connectivity index (χ3v) is 10.3. The predicted molar refractivity (Wildman–Crippen MR) is 200 cm³/mol. The van der Waals surface area contributed by atoms with Gasteiger partial charge in [-0.3, -0.25) is 8.97 Å². The molecule has 10 rings (SSSR count). The summed E-state index contributed by atoms with van der Waals surface area (Å²) >= 11 is 1.77. The molecule has 0 unspecified atom stereocenters. The van der Waals surface area contributed by atoms with Gasteiger partial charge >= 0.3 is 0 Å². The van der Waals surface area contributed by atoms with Gasteiger partial charge in [-0.15, -0.1) is 0 Å². The Morgan fingerprint density at radius 1 is 0.510 bits per heavy atom. The quantitative estimate of drug-likeness (QED) is 0.187. The maximum Gasteiger partial charge on any atom is 0.238 e. The molecule has 6 nitrogen and oxygen atoms in total. The van der Waals surface area contributed by atoms with Crippen LogP contribution in [0.5, 0.6) is 0 Å². The lowest BCUT2D eigenvalue weighted by atomic mass is 10.0. The second-order valence-electron chi connectivity index (χ2n) is 12.2. The van der Waals surface area contributed by atoms with Crippen LogP contribution in [0.25, 0.3) is 90.2 Å². The Bertz CT molecular complexity index is 2760. The number of benzene rings is 5. The topological polar surface area (TPSA) is 60.9 Å². The van der Waals surface area contributed by atoms with Gasteiger partial charge in [0, 0.05) is 33.0 Å². The molecule has 0 saturated heterocycles. The van der Waals surface area contributed by atoms with E-state index in [1.807, 2.05) is 60.7 Å². The molecule has 0 spiro atoms. The first-order valence-electron chi connectivity index (χ1n) is 16.5. The Kier molecular flexibility index (Phi) is 6.38. The molecule has 0 bridgehead atoms. The van der Waals surface area contributed by atoms with E-state index in [1.165, 1.54) is 9.88 Å². The van der Waals surface area contributed by atoms with Crippen LogP contribution >= 0.6 is 11.3 Å². The van der Waals surface area contributed by atoms with E-state index >= 15 is 0 Å². The molecule has 1 aliphatic carbocycles. The van der Waals surface area contributed by atoms with Crippen molar-refractivity contribution in [2.75, 3.05) is 0 Å². The zero-order chi connectivity index (χ0) is 32.3. The van der Waals surface area contributed by atoms with Crippen molar-refractivity contribution in [1.82, 2.24) is 28.9 Å². The molecule has 0 aliphatic heterocycles. The minimum absolute atomic E-state index is 0.581. The highest BCUT2D eigenvalue weighted by Crippen LogP contribution is 2.38. The normalized spacial score (nSPS) is 12.7. The summed E-state index contributed by atoms with van der Waals surface area (Å²) in [5.74, 6) is 1.85. The van der Waals surface area contributed by atoms with Crippen molar-refractivity contribution in [3.8, 4) is 51.2 Å². The summed E-state index contributed by atoms with van der Waals surface area (Å²) in [6.07, 6.45) is 6.82. The molecule has 1 aliphatic rings. The molecule has 5 aromatic carbocycles. The number of fused-ring (bicyclic) bond motifs is 6. The summed E-state index contributed by atoms with van der Waals surface area (Å²) < 4.78 is 5.83. The van der Waals surface area contributed by atoms with Gasteiger partial charge < -0.3 is 0 Å². The van der Waals surface area contributed by atoms with E-state index < -0.39 is 0 Å². The van der Waals surface area contributed by atoms with E-state index in [-0.39, 0.29) is 0 Å². The number of hydrogen-bond donors (Lipinski definition) is 0. The van der Waals surface area contributed by atoms with Crippen LogP contribution in [0.1, 0.15) is 12.8 Å². The van der Waals surface area contributed by atoms with Gasteiger partial charge in [-0.2, -0.15) is 9.97 Å². The fourth-order valence-corrected chi connectivity index (χ4v) is 8.12. The van der Waals surface area contributed by atoms with E-state index in [2.05, 4.69) is 93.9 Å². The van der Waals surface area contributed by atoms with E-state index in [4.69, 9.17) is 19.9 Å². The van der Waals surface area contributed by atoms with Crippen LogP contribution in [0.2, 0.25) is 0 Å². The van der Waals surface area contributed by atoms with Gasteiger partial charge in [0.15, 0.2) is 16.6 Å². The van der Waals surface area contributed by atoms with Crippen molar-refractivity contribution >= 4 is 50.3 Å². The summed E-state index contributed by atoms with van der Waals surface area (Å²) in [6.45, 7) is 0. The number of aromatic nitrogens is 6. The van der Waals surface area contributed by atoms with Crippen molar-refractivity contribution in [3.63, 3.8) is 0 Å². The van der Waals surface area contributed by atoms with E-state index in [0.29, 0.717) is 17.6 Å². The van der Waals surface area contributed by atoms with Gasteiger partial charge in [0.2, 0.25) is 5.95 Å². The molecule has 4 heterocycles. The number of thiazole rings is 1. The monoisotopic (exact) mass is 648 g/mol. The van der Waals surface area contributed by atoms with E-state index in [1.54, 1.807) is 11.3 Å². The molecule has 49 heavy (non-hydrogen) atoms. The zero-order valence-corrected chi connectivity index (χ0v) is 27.2. The Balaban J connectivity index is 1.22. The smallest absolute Gasteiger partial charge is 0.238 e. The summed E-state index contributed by atoms with van der Waals surface area (Å²) in [4.78, 5) is 21.4. The molecule has 0 N–H and O–H groups in total. The van der Waals surface area contributed by atoms with Crippen molar-refractivity contribution in [1.29, 1.82) is 0 Å². The average molecular weight is 649 g/mol. The summed E-state index contributed by atoms with van der Waals surface area (Å²) in [5, 5.41) is 3.50. The van der Waals surface area contributed by atoms with Gasteiger partial charge in [0.25, 0.3) is 0 Å². The Morgan fingerprint density at radius 2 is 1.12 bits per heavy atom. The van der Waals surface area contributed by atoms with Crippen molar-refractivity contribution in [3.05, 3.63) is 143 Å². The number of nitrogens with zero attached hydrogens (tertiary/aromatic N) is 6. The van der Waals surface area contributed by atoms with Crippen LogP contribution in [0, 0.1) is 0 Å². The first kappa shape index (κ1) is 27.9. The molecular weight excluding hydrogens is 621 g/mol. The molecule has 0 saturated carbocycles. The van der Waals surface area contributed by atoms with Gasteiger partial charge in [-0.05, 0) is 31.0 Å². The second kappa shape index (κ2) is 11.2. The average Bonchev–Trinajstić information content (AvgIpc) is 3.83. The summed E-state index contributed by atoms with van der Waals surface area (Å²) in [7, 11) is 0. The molecule has 232 valence electrons. The largest absolute Gasteiger partial charge is 0.283 e. The second-order valence-corrected chi connectivity index (χ2v) is 13.2. The standard InChI is InChI=1S/C42H28N6S/c1-4-14-27(15-5-1)38-37(43-42-48(38)35-22-12-13-23-36(35)49-42)30-24-25-34-32(26-30)31-20-10-11-21-33(31)47(34)41-45-39(28-16-6-2-7-17-28)44-40(46-41)29-18-8-3-9-19-29/h1-11,14-26H,12-13H2. The highest BCUT2D eigenvalue weighted by Gasteiger charge is 2.22. The molecule has 0 amide bonds. The summed E-state index contributed by atoms with van der Waals surface area (Å²) in [5.41, 5.74) is 8.27. The Labute approximate surface area is 285 Å². The zero-order valence-electron chi connectivity index (χ0n) is 26.4. The van der Waals surface area contributed by atoms with Gasteiger partial charge in [0.05, 0.1) is 32.3 Å². The number of hydrogen-bond acceptors (Lipinski definition) is 5. The minimum Gasteiger partial charge on any atom is -0.283 e. The Hall–Kier alpha value is -6.18. The maximum absolute atomic E-state index is 5.31. The molecule has 4 aromatic heterocycles. The third kappa shape index (κ3) is 4.54. The molecule has 0 radical (unpaired) electrons. The fraction of sp³-hybridized carbons (Fsp3) is 0.0476. The molecule has 0 fully saturated rings. The third-order valence-electron chi connectivity index (χ3n) is 9.26. The SMILES string of the molecule is C1=c2sc3nc(-c4ccc5c(c4)c4ccccc4n5-c4nc(-c5ccccc5)nc(-c5ccccc5)n4)c(-c4ccccc4)n3c2=CCC1. The number of imidazole rings is 1. The molecular formula is C42H28N6S. The van der Waals surface area contributed by atoms with Crippen molar-refractivity contribution in [2.24, 2.45) is 0 Å². The Morgan fingerprint density at radius 3 is 1.84 bits per heavy atom. The highest BCUT2D eigenvalue weighted by atomic mass is 32.1. The van der Waals surface area contributed by atoms with Crippen LogP contribution in [0.15, 0.2) is 133 Å². The van der Waals surface area contributed by atoms with Crippen LogP contribution in [-0.2, 0) is 0 Å². The van der Waals surface area contributed by atoms with Crippen LogP contribution in [-0.4, -0.2) is 28.9 Å². The number of para-hydroxylation sites is 1. The van der Waals surface area contributed by atoms with Gasteiger partial charge in [-0.25, -0.2) is 9.97 Å². The van der Waals surface area contributed by atoms with E-state index in [9.17, 15) is 0 Å². The predicted octanol–water partition coefficient (Wildman–Crippen LogP) is 8.70. The molecule has 0 atom stereocenters. The first-order chi connectivity index (χ1) is 24.3. The maximum atomic E-state index is 5.31. The highest BCUT2D eigenvalue weighted by molar-refractivity contribution is 7.15. The van der Waals surface area contributed by atoms with Gasteiger partial charge in [0.1, 0.15) is 0 Å². The minimum atomic E-state index is 0.581. The lowest BCUT2D eigenvalue weighted by molar-refractivity contribution is 0.953. The van der Waals surface area contributed by atoms with Crippen molar-refractivity contribution in [2.45, 2.75) is 12.8 Å². The fourth-order valence-electron chi connectivity index (χ4n) is 7.02. The summed E-state index contributed by atoms with van der Waals surface area (Å²) in [6, 6.07) is 46.0. The van der Waals surface area contributed by atoms with Crippen LogP contribution in [0.3, 0.4) is 0 Å². The first-order valence-corrected chi connectivity index (χ1v) is 17.3. The molecule has 9 aromatic rings. The lowest BCUT2D eigenvalue weighted by Crippen LogP contribution is -2.26.